The average Bonchev–Trinajstić information content (AvgIpc) is 1.81. The molecule has 0 spiro atoms. The minimum absolute atomic E-state index is 0. The Balaban J connectivity index is -0.000000405. The molecule has 8 heteroatoms. The van der Waals surface area contributed by atoms with E-state index < -0.39 is 26.8 Å². The van der Waals surface area contributed by atoms with Crippen LogP contribution in [0.4, 0.5) is 0 Å². The summed E-state index contributed by atoms with van der Waals surface area (Å²) in [5, 5.41) is 8.05. The van der Waals surface area contributed by atoms with E-state index in [9.17, 15) is 9.36 Å². The number of ketones is 1. The summed E-state index contributed by atoms with van der Waals surface area (Å²) in [5.41, 5.74) is 0. The second kappa shape index (κ2) is 5.92. The summed E-state index contributed by atoms with van der Waals surface area (Å²) in [4.78, 5) is 26.2. The fourth-order valence-corrected chi connectivity index (χ4v) is 0.514. The molecule has 0 aliphatic carbocycles. The first-order chi connectivity index (χ1) is 4.45. The molecule has 0 fully saturated rings. The van der Waals surface area contributed by atoms with Gasteiger partial charge in [-0.2, -0.15) is 0 Å². The van der Waals surface area contributed by atoms with Gasteiger partial charge in [0.1, 0.15) is 13.2 Å². The van der Waals surface area contributed by atoms with Crippen molar-refractivity contribution < 1.29 is 49.1 Å². The molecule has 0 amide bonds. The van der Waals surface area contributed by atoms with E-state index in [-0.39, 0.29) is 20.3 Å². The first-order valence-corrected chi connectivity index (χ1v) is 3.81. The summed E-state index contributed by atoms with van der Waals surface area (Å²) in [6.07, 6.45) is 0. The molecular weight excluding hydrogens is 170 g/mol. The Morgan fingerprint density at radius 1 is 1.55 bits per heavy atom. The molecule has 0 atom stereocenters. The maximum absolute atomic E-state index is 10.1. The number of hydrogen-bond acceptors (Lipinski definition) is 4. The van der Waals surface area contributed by atoms with E-state index in [1.54, 1.807) is 0 Å². The molecule has 11 heavy (non-hydrogen) atoms. The Bertz CT molecular complexity index is 168. The molecule has 0 saturated heterocycles. The van der Waals surface area contributed by atoms with Crippen LogP contribution in [0, 0.1) is 0 Å². The van der Waals surface area contributed by atoms with Crippen molar-refractivity contribution in [1.82, 2.24) is 0 Å². The largest absolute Gasteiger partial charge is 1.00 e. The van der Waals surface area contributed by atoms with Gasteiger partial charge in [-0.25, -0.2) is 4.57 Å². The molecule has 0 aromatic rings. The fraction of sp³-hybridized carbons (Fsp3) is 0.667. The van der Waals surface area contributed by atoms with E-state index in [0.29, 0.717) is 0 Å². The van der Waals surface area contributed by atoms with Gasteiger partial charge in [0.25, 0.3) is 0 Å². The molecule has 0 bridgehead atoms. The van der Waals surface area contributed by atoms with Gasteiger partial charge in [-0.3, -0.25) is 9.32 Å². The van der Waals surface area contributed by atoms with E-state index in [1.807, 2.05) is 0 Å². The molecule has 0 heterocycles. The number of carbonyl (C=O) groups excluding carboxylic acids is 1. The van der Waals surface area contributed by atoms with Crippen LogP contribution in [0.5, 0.6) is 0 Å². The normalized spacial score (nSPS) is 10.5. The number of rotatable bonds is 4. The van der Waals surface area contributed by atoms with Crippen molar-refractivity contribution in [2.45, 2.75) is 0 Å². The van der Waals surface area contributed by atoms with E-state index in [2.05, 4.69) is 4.52 Å². The second-order valence-electron chi connectivity index (χ2n) is 1.46. The van der Waals surface area contributed by atoms with Crippen LogP contribution in [0.3, 0.4) is 0 Å². The standard InChI is InChI=1S/C3H7O6P.Li.H/c4-1-3(5)2-9-10(6,7)8;;/h4H,1-2H2,(H2,6,7,8);;/q;+1;-1. The van der Waals surface area contributed by atoms with Crippen LogP contribution in [0.25, 0.3) is 0 Å². The zero-order chi connectivity index (χ0) is 8.20. The predicted molar refractivity (Wildman–Crippen MR) is 31.2 cm³/mol. The third-order valence-corrected chi connectivity index (χ3v) is 1.04. The van der Waals surface area contributed by atoms with E-state index in [1.165, 1.54) is 0 Å². The minimum Gasteiger partial charge on any atom is -1.00 e. The minimum atomic E-state index is -4.56. The van der Waals surface area contributed by atoms with Gasteiger partial charge in [-0.15, -0.1) is 0 Å². The molecule has 0 radical (unpaired) electrons. The summed E-state index contributed by atoms with van der Waals surface area (Å²) in [6, 6.07) is 0. The molecule has 0 rings (SSSR count). The Kier molecular flexibility index (Phi) is 7.48. The van der Waals surface area contributed by atoms with Crippen molar-refractivity contribution >= 4 is 13.6 Å². The number of carbonyl (C=O) groups is 1. The third kappa shape index (κ3) is 10.3. The first-order valence-electron chi connectivity index (χ1n) is 2.28. The summed E-state index contributed by atoms with van der Waals surface area (Å²) in [6.45, 7) is -1.54. The van der Waals surface area contributed by atoms with Gasteiger partial charge in [-0.1, -0.05) is 0 Å². The summed E-state index contributed by atoms with van der Waals surface area (Å²) < 4.78 is 13.6. The molecule has 62 valence electrons. The van der Waals surface area contributed by atoms with Crippen molar-refractivity contribution in [1.29, 1.82) is 0 Å². The zero-order valence-electron chi connectivity index (χ0n) is 6.93. The molecule has 3 N–H and O–H groups in total. The van der Waals surface area contributed by atoms with Crippen molar-refractivity contribution in [2.24, 2.45) is 0 Å². The van der Waals surface area contributed by atoms with Crippen LogP contribution >= 0.6 is 7.82 Å². The van der Waals surface area contributed by atoms with Gasteiger partial charge >= 0.3 is 26.7 Å². The molecule has 0 unspecified atom stereocenters. The third-order valence-electron chi connectivity index (χ3n) is 0.570. The number of aliphatic hydroxyl groups is 1. The van der Waals surface area contributed by atoms with Gasteiger partial charge in [0.15, 0.2) is 5.78 Å². The Hall–Kier alpha value is 0.337. The topological polar surface area (TPSA) is 104 Å². The summed E-state index contributed by atoms with van der Waals surface area (Å²) >= 11 is 0. The van der Waals surface area contributed by atoms with Crippen LogP contribution < -0.4 is 18.9 Å². The van der Waals surface area contributed by atoms with Crippen LogP contribution in [0.15, 0.2) is 0 Å². The molecular formula is C3H8LiO6P. The van der Waals surface area contributed by atoms with E-state index in [4.69, 9.17) is 14.9 Å². The summed E-state index contributed by atoms with van der Waals surface area (Å²) in [5.74, 6) is -0.775. The Labute approximate surface area is 76.5 Å². The van der Waals surface area contributed by atoms with Gasteiger partial charge in [0.2, 0.25) is 0 Å². The average molecular weight is 178 g/mol. The van der Waals surface area contributed by atoms with Gasteiger partial charge in [0, 0.05) is 0 Å². The van der Waals surface area contributed by atoms with Crippen molar-refractivity contribution in [3.63, 3.8) is 0 Å². The first kappa shape index (κ1) is 13.9. The van der Waals surface area contributed by atoms with Gasteiger partial charge in [0.05, 0.1) is 0 Å². The van der Waals surface area contributed by atoms with Crippen LogP contribution in [0.2, 0.25) is 0 Å². The maximum atomic E-state index is 10.1. The number of phosphoric ester groups is 1. The van der Waals surface area contributed by atoms with Crippen LogP contribution in [-0.4, -0.2) is 33.9 Å². The quantitative estimate of drug-likeness (QED) is 0.297. The second-order valence-corrected chi connectivity index (χ2v) is 2.70. The van der Waals surface area contributed by atoms with E-state index >= 15 is 0 Å². The van der Waals surface area contributed by atoms with Crippen molar-refractivity contribution in [3.8, 4) is 0 Å². The van der Waals surface area contributed by atoms with Crippen LogP contribution in [0.1, 0.15) is 1.43 Å². The Morgan fingerprint density at radius 3 is 2.27 bits per heavy atom. The maximum Gasteiger partial charge on any atom is 1.00 e. The molecule has 0 aromatic carbocycles. The van der Waals surface area contributed by atoms with Gasteiger partial charge < -0.3 is 16.3 Å². The molecule has 0 saturated carbocycles. The molecule has 0 aliphatic rings. The zero-order valence-corrected chi connectivity index (χ0v) is 6.82. The molecule has 0 aliphatic heterocycles. The monoisotopic (exact) mass is 178 g/mol. The van der Waals surface area contributed by atoms with Crippen molar-refractivity contribution in [2.75, 3.05) is 13.2 Å². The SMILES string of the molecule is O=C(CO)COP(=O)(O)O.[H-].[Li+]. The number of phosphoric acid groups is 1. The number of hydrogen-bond donors (Lipinski definition) is 3. The summed E-state index contributed by atoms with van der Waals surface area (Å²) in [7, 11) is -4.56. The number of Topliss-reactive ketones (excluding diaryl/α,β-unsaturated/α-hetero) is 1. The van der Waals surface area contributed by atoms with Gasteiger partial charge in [-0.05, 0) is 0 Å². The fourth-order valence-electron chi connectivity index (χ4n) is 0.202. The Morgan fingerprint density at radius 2 is 2.00 bits per heavy atom. The van der Waals surface area contributed by atoms with Crippen LogP contribution in [-0.2, 0) is 13.9 Å². The molecule has 0 aromatic heterocycles. The van der Waals surface area contributed by atoms with E-state index in [0.717, 1.165) is 0 Å². The molecule has 6 nitrogen and oxygen atoms in total. The predicted octanol–water partition coefficient (Wildman–Crippen LogP) is -4.23. The van der Waals surface area contributed by atoms with Crippen molar-refractivity contribution in [3.05, 3.63) is 0 Å². The number of aliphatic hydroxyl groups excluding tert-OH is 1. The smallest absolute Gasteiger partial charge is 1.00 e.